The van der Waals surface area contributed by atoms with E-state index in [1.54, 1.807) is 0 Å². The molecule has 0 amide bonds. The van der Waals surface area contributed by atoms with Crippen molar-refractivity contribution in [2.45, 2.75) is 25.9 Å². The average molecular weight is 124 g/mol. The molecule has 1 heteroatoms. The predicted molar refractivity (Wildman–Crippen MR) is 36.0 cm³/mol. The second kappa shape index (κ2) is 1.40. The number of fused-ring (bicyclic) bond motifs is 1. The Labute approximate surface area is 55.4 Å². The van der Waals surface area contributed by atoms with Crippen molar-refractivity contribution in [3.8, 4) is 0 Å². The summed E-state index contributed by atoms with van der Waals surface area (Å²) in [5, 5.41) is 9.23. The number of rotatable bonds is 0. The van der Waals surface area contributed by atoms with E-state index in [-0.39, 0.29) is 6.10 Å². The van der Waals surface area contributed by atoms with Crippen LogP contribution in [0.3, 0.4) is 0 Å². The monoisotopic (exact) mass is 124 g/mol. The van der Waals surface area contributed by atoms with Gasteiger partial charge in [-0.15, -0.1) is 0 Å². The van der Waals surface area contributed by atoms with Gasteiger partial charge in [-0.05, 0) is 18.3 Å². The SMILES string of the molecule is C[C@@]12CC=C[C@@H]1[C@@H](O)C2. The minimum Gasteiger partial charge on any atom is -0.392 e. The predicted octanol–water partition coefficient (Wildman–Crippen LogP) is 1.33. The molecule has 3 atom stereocenters. The summed E-state index contributed by atoms with van der Waals surface area (Å²) in [6.45, 7) is 2.25. The summed E-state index contributed by atoms with van der Waals surface area (Å²) in [5.41, 5.74) is 0.444. The first-order valence-corrected chi connectivity index (χ1v) is 3.57. The van der Waals surface area contributed by atoms with Crippen LogP contribution in [0.25, 0.3) is 0 Å². The van der Waals surface area contributed by atoms with Gasteiger partial charge in [-0.3, -0.25) is 0 Å². The van der Waals surface area contributed by atoms with E-state index in [1.165, 1.54) is 6.42 Å². The normalized spacial score (nSPS) is 54.9. The van der Waals surface area contributed by atoms with E-state index in [1.807, 2.05) is 0 Å². The number of allylic oxidation sites excluding steroid dienone is 1. The number of aliphatic hydroxyl groups excluding tert-OH is 1. The van der Waals surface area contributed by atoms with Crippen LogP contribution in [0.4, 0.5) is 0 Å². The molecular formula is C8H12O. The first-order valence-electron chi connectivity index (χ1n) is 3.57. The van der Waals surface area contributed by atoms with Gasteiger partial charge in [0.05, 0.1) is 6.10 Å². The quantitative estimate of drug-likeness (QED) is 0.483. The average Bonchev–Trinajstić information content (AvgIpc) is 2.06. The van der Waals surface area contributed by atoms with E-state index in [0.717, 1.165) is 6.42 Å². The zero-order valence-electron chi connectivity index (χ0n) is 5.67. The molecule has 1 fully saturated rings. The Kier molecular flexibility index (Phi) is 0.854. The Balaban J connectivity index is 2.19. The molecule has 50 valence electrons. The molecule has 0 bridgehead atoms. The van der Waals surface area contributed by atoms with E-state index in [9.17, 15) is 5.11 Å². The van der Waals surface area contributed by atoms with Crippen molar-refractivity contribution in [1.82, 2.24) is 0 Å². The van der Waals surface area contributed by atoms with Crippen LogP contribution in [-0.4, -0.2) is 11.2 Å². The van der Waals surface area contributed by atoms with Gasteiger partial charge in [0.2, 0.25) is 0 Å². The van der Waals surface area contributed by atoms with Crippen LogP contribution in [-0.2, 0) is 0 Å². The Morgan fingerprint density at radius 1 is 1.67 bits per heavy atom. The highest BCUT2D eigenvalue weighted by atomic mass is 16.3. The number of hydrogen-bond acceptors (Lipinski definition) is 1. The molecule has 0 aromatic heterocycles. The van der Waals surface area contributed by atoms with Crippen molar-refractivity contribution in [1.29, 1.82) is 0 Å². The fourth-order valence-corrected chi connectivity index (χ4v) is 2.11. The molecule has 0 aromatic rings. The maximum Gasteiger partial charge on any atom is 0.0613 e. The lowest BCUT2D eigenvalue weighted by atomic mass is 9.61. The highest BCUT2D eigenvalue weighted by molar-refractivity contribution is 5.16. The lowest BCUT2D eigenvalue weighted by Gasteiger charge is -2.46. The van der Waals surface area contributed by atoms with Crippen LogP contribution in [0.2, 0.25) is 0 Å². The van der Waals surface area contributed by atoms with E-state index in [0.29, 0.717) is 11.3 Å². The van der Waals surface area contributed by atoms with Crippen LogP contribution >= 0.6 is 0 Å². The van der Waals surface area contributed by atoms with Crippen molar-refractivity contribution in [3.05, 3.63) is 12.2 Å². The van der Waals surface area contributed by atoms with Gasteiger partial charge in [0, 0.05) is 5.92 Å². The van der Waals surface area contributed by atoms with Crippen LogP contribution in [0.5, 0.6) is 0 Å². The highest BCUT2D eigenvalue weighted by Gasteiger charge is 2.49. The lowest BCUT2D eigenvalue weighted by Crippen LogP contribution is -2.46. The van der Waals surface area contributed by atoms with Crippen molar-refractivity contribution >= 4 is 0 Å². The molecule has 0 spiro atoms. The third-order valence-electron chi connectivity index (χ3n) is 2.82. The van der Waals surface area contributed by atoms with Gasteiger partial charge in [-0.2, -0.15) is 0 Å². The molecule has 2 aliphatic rings. The number of aliphatic hydroxyl groups is 1. The van der Waals surface area contributed by atoms with Gasteiger partial charge in [-0.1, -0.05) is 19.1 Å². The molecule has 0 unspecified atom stereocenters. The van der Waals surface area contributed by atoms with E-state index < -0.39 is 0 Å². The zero-order chi connectivity index (χ0) is 6.48. The minimum atomic E-state index is -0.0336. The minimum absolute atomic E-state index is 0.0336. The fraction of sp³-hybridized carbons (Fsp3) is 0.750. The Bertz CT molecular complexity index is 162. The summed E-state index contributed by atoms with van der Waals surface area (Å²) < 4.78 is 0. The van der Waals surface area contributed by atoms with Gasteiger partial charge in [0.15, 0.2) is 0 Å². The third-order valence-corrected chi connectivity index (χ3v) is 2.82. The van der Waals surface area contributed by atoms with Crippen LogP contribution in [0, 0.1) is 11.3 Å². The van der Waals surface area contributed by atoms with Crippen molar-refractivity contribution < 1.29 is 5.11 Å². The summed E-state index contributed by atoms with van der Waals surface area (Å²) in [7, 11) is 0. The van der Waals surface area contributed by atoms with Crippen molar-refractivity contribution in [3.63, 3.8) is 0 Å². The lowest BCUT2D eigenvalue weighted by molar-refractivity contribution is -0.0606. The van der Waals surface area contributed by atoms with Gasteiger partial charge in [0.1, 0.15) is 0 Å². The molecule has 1 nitrogen and oxygen atoms in total. The van der Waals surface area contributed by atoms with E-state index in [4.69, 9.17) is 0 Å². The highest BCUT2D eigenvalue weighted by Crippen LogP contribution is 2.53. The first-order chi connectivity index (χ1) is 4.22. The molecule has 2 rings (SSSR count). The standard InChI is InChI=1S/C8H12O/c1-8-4-2-3-6(8)7(9)5-8/h2-3,6-7,9H,4-5H2,1H3/t6-,7+,8+/m1/s1. The fourth-order valence-electron chi connectivity index (χ4n) is 2.11. The molecule has 0 heterocycles. The largest absolute Gasteiger partial charge is 0.392 e. The molecule has 0 saturated heterocycles. The van der Waals surface area contributed by atoms with Crippen molar-refractivity contribution in [2.24, 2.45) is 11.3 Å². The maximum absolute atomic E-state index is 9.23. The smallest absolute Gasteiger partial charge is 0.0613 e. The Morgan fingerprint density at radius 3 is 2.89 bits per heavy atom. The summed E-state index contributed by atoms with van der Waals surface area (Å²) in [6, 6.07) is 0. The van der Waals surface area contributed by atoms with E-state index in [2.05, 4.69) is 19.1 Å². The molecule has 2 aliphatic carbocycles. The topological polar surface area (TPSA) is 20.2 Å². The van der Waals surface area contributed by atoms with Gasteiger partial charge in [-0.25, -0.2) is 0 Å². The van der Waals surface area contributed by atoms with Crippen LogP contribution < -0.4 is 0 Å². The first kappa shape index (κ1) is 5.48. The van der Waals surface area contributed by atoms with Gasteiger partial charge in [0.25, 0.3) is 0 Å². The van der Waals surface area contributed by atoms with Crippen LogP contribution in [0.1, 0.15) is 19.8 Å². The summed E-state index contributed by atoms with van der Waals surface area (Å²) in [6.07, 6.45) is 6.50. The molecule has 9 heavy (non-hydrogen) atoms. The molecule has 0 aliphatic heterocycles. The Morgan fingerprint density at radius 2 is 2.44 bits per heavy atom. The summed E-state index contributed by atoms with van der Waals surface area (Å²) in [4.78, 5) is 0. The van der Waals surface area contributed by atoms with Crippen molar-refractivity contribution in [2.75, 3.05) is 0 Å². The molecular weight excluding hydrogens is 112 g/mol. The van der Waals surface area contributed by atoms with Gasteiger partial charge < -0.3 is 5.11 Å². The molecule has 1 N–H and O–H groups in total. The Hall–Kier alpha value is -0.300. The second-order valence-electron chi connectivity index (χ2n) is 3.58. The van der Waals surface area contributed by atoms with Crippen LogP contribution in [0.15, 0.2) is 12.2 Å². The number of hydrogen-bond donors (Lipinski definition) is 1. The third kappa shape index (κ3) is 0.531. The molecule has 0 radical (unpaired) electrons. The van der Waals surface area contributed by atoms with Gasteiger partial charge >= 0.3 is 0 Å². The zero-order valence-corrected chi connectivity index (χ0v) is 5.67. The summed E-state index contributed by atoms with van der Waals surface area (Å²) >= 11 is 0. The van der Waals surface area contributed by atoms with E-state index >= 15 is 0 Å². The summed E-state index contributed by atoms with van der Waals surface area (Å²) in [5.74, 6) is 0.484. The maximum atomic E-state index is 9.23. The molecule has 1 saturated carbocycles. The second-order valence-corrected chi connectivity index (χ2v) is 3.58. The molecule has 0 aromatic carbocycles.